The summed E-state index contributed by atoms with van der Waals surface area (Å²) in [6.07, 6.45) is 1.24. The van der Waals surface area contributed by atoms with Gasteiger partial charge in [0.15, 0.2) is 0 Å². The molecule has 1 nitrogen and oxygen atoms in total. The first kappa shape index (κ1) is 14.3. The van der Waals surface area contributed by atoms with E-state index in [1.165, 1.54) is 6.42 Å². The molecule has 86 valence electrons. The van der Waals surface area contributed by atoms with Crippen LogP contribution in [0.2, 0.25) is 0 Å². The van der Waals surface area contributed by atoms with Crippen molar-refractivity contribution in [3.05, 3.63) is 0 Å². The first-order valence-electron chi connectivity index (χ1n) is 5.77. The summed E-state index contributed by atoms with van der Waals surface area (Å²) in [4.78, 5) is 0. The first-order chi connectivity index (χ1) is 6.54. The lowest BCUT2D eigenvalue weighted by Gasteiger charge is -2.31. The summed E-state index contributed by atoms with van der Waals surface area (Å²) in [6, 6.07) is 0. The SMILES string of the molecule is CCC(C)C(SCCO)C(C)C(C)C. The van der Waals surface area contributed by atoms with Gasteiger partial charge in [0.25, 0.3) is 0 Å². The van der Waals surface area contributed by atoms with Crippen LogP contribution in [0, 0.1) is 17.8 Å². The third-order valence-corrected chi connectivity index (χ3v) is 4.87. The van der Waals surface area contributed by atoms with E-state index in [2.05, 4.69) is 34.6 Å². The van der Waals surface area contributed by atoms with Crippen molar-refractivity contribution in [3.63, 3.8) is 0 Å². The lowest BCUT2D eigenvalue weighted by Crippen LogP contribution is -2.26. The van der Waals surface area contributed by atoms with E-state index in [0.29, 0.717) is 11.9 Å². The Morgan fingerprint density at radius 2 is 1.71 bits per heavy atom. The first-order valence-corrected chi connectivity index (χ1v) is 6.81. The van der Waals surface area contributed by atoms with Gasteiger partial charge in [-0.05, 0) is 17.8 Å². The zero-order chi connectivity index (χ0) is 11.1. The van der Waals surface area contributed by atoms with E-state index in [1.807, 2.05) is 11.8 Å². The maximum absolute atomic E-state index is 8.87. The summed E-state index contributed by atoms with van der Waals surface area (Å²) >= 11 is 1.94. The van der Waals surface area contributed by atoms with Gasteiger partial charge < -0.3 is 5.11 Å². The molecule has 0 aliphatic carbocycles. The summed E-state index contributed by atoms with van der Waals surface area (Å²) in [6.45, 7) is 11.8. The minimum Gasteiger partial charge on any atom is -0.396 e. The number of aliphatic hydroxyl groups is 1. The Labute approximate surface area is 93.7 Å². The van der Waals surface area contributed by atoms with Gasteiger partial charge in [0, 0.05) is 11.0 Å². The Kier molecular flexibility index (Phi) is 7.75. The van der Waals surface area contributed by atoms with Crippen molar-refractivity contribution in [1.29, 1.82) is 0 Å². The van der Waals surface area contributed by atoms with Gasteiger partial charge in [0.2, 0.25) is 0 Å². The van der Waals surface area contributed by atoms with E-state index in [1.54, 1.807) is 0 Å². The quantitative estimate of drug-likeness (QED) is 0.706. The van der Waals surface area contributed by atoms with Crippen molar-refractivity contribution in [1.82, 2.24) is 0 Å². The molecular weight excluding hydrogens is 192 g/mol. The summed E-state index contributed by atoms with van der Waals surface area (Å²) in [5.41, 5.74) is 0. The highest BCUT2D eigenvalue weighted by atomic mass is 32.2. The highest BCUT2D eigenvalue weighted by Gasteiger charge is 2.24. The van der Waals surface area contributed by atoms with Crippen LogP contribution in [0.15, 0.2) is 0 Å². The Hall–Kier alpha value is 0.310. The highest BCUT2D eigenvalue weighted by molar-refractivity contribution is 7.99. The normalized spacial score (nSPS) is 18.2. The molecule has 0 saturated heterocycles. The molecule has 3 unspecified atom stereocenters. The van der Waals surface area contributed by atoms with Crippen molar-refractivity contribution in [2.24, 2.45) is 17.8 Å². The van der Waals surface area contributed by atoms with Crippen LogP contribution in [-0.4, -0.2) is 22.7 Å². The fourth-order valence-electron chi connectivity index (χ4n) is 1.63. The van der Waals surface area contributed by atoms with Crippen molar-refractivity contribution < 1.29 is 5.11 Å². The van der Waals surface area contributed by atoms with E-state index in [-0.39, 0.29) is 0 Å². The molecule has 0 aliphatic rings. The average molecular weight is 218 g/mol. The van der Waals surface area contributed by atoms with Crippen LogP contribution in [0.4, 0.5) is 0 Å². The molecule has 14 heavy (non-hydrogen) atoms. The van der Waals surface area contributed by atoms with Crippen molar-refractivity contribution in [2.45, 2.75) is 46.3 Å². The van der Waals surface area contributed by atoms with E-state index in [4.69, 9.17) is 5.11 Å². The molecule has 0 aromatic rings. The number of aliphatic hydroxyl groups excluding tert-OH is 1. The van der Waals surface area contributed by atoms with Gasteiger partial charge in [-0.3, -0.25) is 0 Å². The topological polar surface area (TPSA) is 20.2 Å². The molecule has 0 fully saturated rings. The van der Waals surface area contributed by atoms with E-state index >= 15 is 0 Å². The molecule has 2 heteroatoms. The molecular formula is C12H26OS. The van der Waals surface area contributed by atoms with E-state index in [9.17, 15) is 0 Å². The van der Waals surface area contributed by atoms with Gasteiger partial charge in [0.1, 0.15) is 0 Å². The summed E-state index contributed by atoms with van der Waals surface area (Å²) in [7, 11) is 0. The molecule has 0 aromatic heterocycles. The monoisotopic (exact) mass is 218 g/mol. The second kappa shape index (κ2) is 7.58. The van der Waals surface area contributed by atoms with Crippen LogP contribution in [0.1, 0.15) is 41.0 Å². The van der Waals surface area contributed by atoms with Crippen LogP contribution >= 0.6 is 11.8 Å². The van der Waals surface area contributed by atoms with Crippen molar-refractivity contribution in [3.8, 4) is 0 Å². The molecule has 0 heterocycles. The third kappa shape index (κ3) is 4.70. The predicted molar refractivity (Wildman–Crippen MR) is 66.8 cm³/mol. The zero-order valence-electron chi connectivity index (χ0n) is 10.3. The van der Waals surface area contributed by atoms with Gasteiger partial charge in [-0.15, -0.1) is 0 Å². The van der Waals surface area contributed by atoms with Crippen LogP contribution in [0.3, 0.4) is 0 Å². The molecule has 0 radical (unpaired) electrons. The Balaban J connectivity index is 4.22. The van der Waals surface area contributed by atoms with Gasteiger partial charge in [-0.1, -0.05) is 41.0 Å². The van der Waals surface area contributed by atoms with E-state index < -0.39 is 0 Å². The maximum atomic E-state index is 8.87. The zero-order valence-corrected chi connectivity index (χ0v) is 11.1. The van der Waals surface area contributed by atoms with Gasteiger partial charge in [-0.25, -0.2) is 0 Å². The van der Waals surface area contributed by atoms with Gasteiger partial charge in [0.05, 0.1) is 6.61 Å². The molecule has 0 saturated carbocycles. The molecule has 1 N–H and O–H groups in total. The van der Waals surface area contributed by atoms with Gasteiger partial charge in [-0.2, -0.15) is 11.8 Å². The molecule has 0 bridgehead atoms. The summed E-state index contributed by atoms with van der Waals surface area (Å²) < 4.78 is 0. The maximum Gasteiger partial charge on any atom is 0.0521 e. The molecule has 0 aromatic carbocycles. The lowest BCUT2D eigenvalue weighted by molar-refractivity contribution is 0.318. The Bertz CT molecular complexity index is 136. The lowest BCUT2D eigenvalue weighted by atomic mass is 9.87. The van der Waals surface area contributed by atoms with Crippen LogP contribution in [0.25, 0.3) is 0 Å². The molecule has 0 aliphatic heterocycles. The fraction of sp³-hybridized carbons (Fsp3) is 1.00. The highest BCUT2D eigenvalue weighted by Crippen LogP contribution is 2.32. The molecule has 0 rings (SSSR count). The largest absolute Gasteiger partial charge is 0.396 e. The number of hydrogen-bond donors (Lipinski definition) is 1. The average Bonchev–Trinajstić information content (AvgIpc) is 2.17. The predicted octanol–water partition coefficient (Wildman–Crippen LogP) is 3.42. The standard InChI is InChI=1S/C12H26OS/c1-6-10(4)12(14-8-7-13)11(5)9(2)3/h9-13H,6-8H2,1-5H3. The summed E-state index contributed by atoms with van der Waals surface area (Å²) in [5, 5.41) is 9.57. The second-order valence-corrected chi connectivity index (χ2v) is 5.83. The minimum atomic E-state index is 0.308. The number of hydrogen-bond acceptors (Lipinski definition) is 2. The number of thioether (sulfide) groups is 1. The number of rotatable bonds is 7. The summed E-state index contributed by atoms with van der Waals surface area (Å²) in [5.74, 6) is 3.11. The fourth-order valence-corrected chi connectivity index (χ4v) is 3.15. The molecule has 0 spiro atoms. The van der Waals surface area contributed by atoms with Crippen LogP contribution in [-0.2, 0) is 0 Å². The molecule has 3 atom stereocenters. The third-order valence-electron chi connectivity index (χ3n) is 3.18. The van der Waals surface area contributed by atoms with Crippen LogP contribution in [0.5, 0.6) is 0 Å². The van der Waals surface area contributed by atoms with Gasteiger partial charge >= 0.3 is 0 Å². The minimum absolute atomic E-state index is 0.308. The molecule has 0 amide bonds. The Morgan fingerprint density at radius 1 is 1.14 bits per heavy atom. The van der Waals surface area contributed by atoms with Crippen LogP contribution < -0.4 is 0 Å². The Morgan fingerprint density at radius 3 is 2.07 bits per heavy atom. The van der Waals surface area contributed by atoms with Crippen molar-refractivity contribution >= 4 is 11.8 Å². The second-order valence-electron chi connectivity index (χ2n) is 4.55. The van der Waals surface area contributed by atoms with Crippen molar-refractivity contribution in [2.75, 3.05) is 12.4 Å². The smallest absolute Gasteiger partial charge is 0.0521 e. The van der Waals surface area contributed by atoms with E-state index in [0.717, 1.165) is 23.5 Å².